The number of aliphatic hydroxyl groups is 1. The van der Waals surface area contributed by atoms with E-state index in [0.717, 1.165) is 10.7 Å². The van der Waals surface area contributed by atoms with Crippen LogP contribution in [0.15, 0.2) is 60.2 Å². The van der Waals surface area contributed by atoms with E-state index >= 15 is 0 Å². The number of ether oxygens (including phenoxy) is 1. The van der Waals surface area contributed by atoms with Gasteiger partial charge in [0.05, 0.1) is 19.0 Å². The predicted octanol–water partition coefficient (Wildman–Crippen LogP) is -0.132. The summed E-state index contributed by atoms with van der Waals surface area (Å²) in [4.78, 5) is 49.3. The van der Waals surface area contributed by atoms with Crippen LogP contribution in [0.4, 0.5) is 5.95 Å². The fourth-order valence-corrected chi connectivity index (χ4v) is 5.00. The molecule has 1 fully saturated rings. The van der Waals surface area contributed by atoms with Crippen molar-refractivity contribution in [3.63, 3.8) is 0 Å². The fraction of sp³-hybridized carbons (Fsp3) is 0.286. The quantitative estimate of drug-likeness (QED) is 0.189. The molecule has 1 aliphatic rings. The molecule has 0 saturated carbocycles. The molecule has 15 nitrogen and oxygen atoms in total. The third-order valence-electron chi connectivity index (χ3n) is 5.97. The minimum absolute atomic E-state index is 0.0152. The second-order valence-corrected chi connectivity index (χ2v) is 10.0. The number of nitrogens with one attached hydrogen (secondary N) is 2. The van der Waals surface area contributed by atoms with Gasteiger partial charge in [-0.1, -0.05) is 18.2 Å². The van der Waals surface area contributed by atoms with E-state index in [4.69, 9.17) is 15.0 Å². The zero-order chi connectivity index (χ0) is 26.2. The topological polar surface area (TPSA) is 212 Å². The molecule has 37 heavy (non-hydrogen) atoms. The fourth-order valence-electron chi connectivity index (χ4n) is 4.11. The molecule has 5 atom stereocenters. The lowest BCUT2D eigenvalue weighted by molar-refractivity contribution is -0.0472. The molecule has 1 unspecified atom stereocenters. The van der Waals surface area contributed by atoms with Crippen molar-refractivity contribution in [2.75, 3.05) is 18.9 Å². The van der Waals surface area contributed by atoms with E-state index in [1.807, 2.05) is 0 Å². The molecule has 3 aromatic heterocycles. The van der Waals surface area contributed by atoms with Gasteiger partial charge in [0.15, 0.2) is 17.4 Å². The lowest BCUT2D eigenvalue weighted by atomic mass is 9.98. The average molecular weight is 530 g/mol. The number of nitrogen functional groups attached to an aromatic ring is 1. The van der Waals surface area contributed by atoms with Crippen LogP contribution in [0.25, 0.3) is 11.2 Å². The molecule has 4 heterocycles. The van der Waals surface area contributed by atoms with Gasteiger partial charge in [0.1, 0.15) is 12.4 Å². The molecule has 1 amide bonds. The van der Waals surface area contributed by atoms with Gasteiger partial charge in [0.25, 0.3) is 11.5 Å². The van der Waals surface area contributed by atoms with Crippen LogP contribution in [0.2, 0.25) is 0 Å². The van der Waals surface area contributed by atoms with Crippen molar-refractivity contribution in [2.24, 2.45) is 5.92 Å². The van der Waals surface area contributed by atoms with Gasteiger partial charge in [-0.3, -0.25) is 23.7 Å². The number of rotatable bonds is 8. The van der Waals surface area contributed by atoms with Crippen LogP contribution in [0.3, 0.4) is 0 Å². The first kappa shape index (κ1) is 24.8. The summed E-state index contributed by atoms with van der Waals surface area (Å²) in [5.41, 5.74) is 5.58. The molecule has 4 aromatic rings. The van der Waals surface area contributed by atoms with Crippen molar-refractivity contribution >= 4 is 30.8 Å². The van der Waals surface area contributed by atoms with Gasteiger partial charge in [-0.05, 0) is 12.1 Å². The van der Waals surface area contributed by atoms with Gasteiger partial charge in [-0.15, -0.1) is 0 Å². The zero-order valence-corrected chi connectivity index (χ0v) is 20.0. The molecule has 5 rings (SSSR count). The second kappa shape index (κ2) is 9.88. The first-order valence-corrected chi connectivity index (χ1v) is 12.6. The Hall–Kier alpha value is -3.88. The molecule has 1 aliphatic heterocycles. The lowest BCUT2D eigenvalue weighted by Crippen LogP contribution is -2.39. The number of anilines is 1. The van der Waals surface area contributed by atoms with Crippen molar-refractivity contribution in [1.82, 2.24) is 34.2 Å². The van der Waals surface area contributed by atoms with E-state index in [1.54, 1.807) is 30.3 Å². The van der Waals surface area contributed by atoms with Crippen LogP contribution < -0.4 is 16.6 Å². The van der Waals surface area contributed by atoms with Crippen molar-refractivity contribution < 1.29 is 28.6 Å². The Labute approximate surface area is 208 Å². The Morgan fingerprint density at radius 3 is 2.81 bits per heavy atom. The highest BCUT2D eigenvalue weighted by atomic mass is 31.2. The highest BCUT2D eigenvalue weighted by Gasteiger charge is 2.46. The maximum Gasteiger partial charge on any atom is 0.437 e. The Bertz CT molecular complexity index is 1510. The molecule has 6 N–H and O–H groups in total. The molecule has 194 valence electrons. The standard InChI is InChI=1S/C21H23N8O7P/c22-21-26-17-15(19(32)27-21)25-11-29(17)20-16(30)13(8-24-18(31)12-4-2-1-3-5-12)14(36-20)9-35-37(33,34)28-7-6-23-10-28/h1-7,10-11,13-14,16,20,30H,8-9H2,(H,24,31)(H,33,34)(H3,22,26,27,32)/t13-,14-,16-,20-/m1/s1. The highest BCUT2D eigenvalue weighted by molar-refractivity contribution is 7.51. The van der Waals surface area contributed by atoms with Gasteiger partial charge in [-0.2, -0.15) is 4.98 Å². The molecule has 1 saturated heterocycles. The number of amides is 1. The SMILES string of the molecule is Nc1nc2c(ncn2[C@@H]2O[C@H](COP(=O)(O)n3ccnc3)[C@@H](CNC(=O)c3ccccc3)[C@H]2O)c(=O)[nH]1. The second-order valence-electron chi connectivity index (χ2n) is 8.30. The molecular weight excluding hydrogens is 507 g/mol. The molecular formula is C21H23N8O7P. The van der Waals surface area contributed by atoms with Gasteiger partial charge in [-0.25, -0.2) is 18.9 Å². The Morgan fingerprint density at radius 2 is 2.08 bits per heavy atom. The molecule has 0 spiro atoms. The van der Waals surface area contributed by atoms with Crippen LogP contribution in [0, 0.1) is 5.92 Å². The number of imidazole rings is 2. The van der Waals surface area contributed by atoms with Crippen LogP contribution in [0.1, 0.15) is 16.6 Å². The van der Waals surface area contributed by atoms with Crippen molar-refractivity contribution in [3.8, 4) is 0 Å². The van der Waals surface area contributed by atoms with E-state index in [-0.39, 0.29) is 29.6 Å². The number of aromatic nitrogens is 6. The van der Waals surface area contributed by atoms with E-state index in [1.165, 1.54) is 23.3 Å². The number of aromatic amines is 1. The first-order valence-electron chi connectivity index (χ1n) is 11.1. The minimum atomic E-state index is -4.30. The summed E-state index contributed by atoms with van der Waals surface area (Å²) < 4.78 is 26.2. The normalized spacial score (nSPS) is 23.2. The third-order valence-corrected chi connectivity index (χ3v) is 7.28. The number of H-pyrrole nitrogens is 1. The van der Waals surface area contributed by atoms with E-state index in [0.29, 0.717) is 5.56 Å². The first-order chi connectivity index (χ1) is 17.7. The molecule has 0 radical (unpaired) electrons. The van der Waals surface area contributed by atoms with E-state index < -0.39 is 44.3 Å². The average Bonchev–Trinajstić information content (AvgIpc) is 3.62. The number of aliphatic hydroxyl groups excluding tert-OH is 1. The maximum absolute atomic E-state index is 12.6. The van der Waals surface area contributed by atoms with Gasteiger partial charge < -0.3 is 25.8 Å². The summed E-state index contributed by atoms with van der Waals surface area (Å²) in [5, 5.41) is 14.0. The van der Waals surface area contributed by atoms with Crippen molar-refractivity contribution in [3.05, 3.63) is 71.3 Å². The summed E-state index contributed by atoms with van der Waals surface area (Å²) in [6.45, 7) is -0.461. The van der Waals surface area contributed by atoms with Crippen LogP contribution in [0.5, 0.6) is 0 Å². The van der Waals surface area contributed by atoms with Crippen LogP contribution >= 0.6 is 7.75 Å². The largest absolute Gasteiger partial charge is 0.437 e. The maximum atomic E-state index is 12.6. The number of carbonyl (C=O) groups is 1. The molecule has 0 aliphatic carbocycles. The summed E-state index contributed by atoms with van der Waals surface area (Å²) in [6, 6.07) is 8.48. The minimum Gasteiger partial charge on any atom is -0.388 e. The van der Waals surface area contributed by atoms with Crippen LogP contribution in [-0.2, 0) is 13.8 Å². The van der Waals surface area contributed by atoms with Crippen molar-refractivity contribution in [1.29, 1.82) is 0 Å². The predicted molar refractivity (Wildman–Crippen MR) is 128 cm³/mol. The zero-order valence-electron chi connectivity index (χ0n) is 19.1. The summed E-state index contributed by atoms with van der Waals surface area (Å²) in [5.74, 6) is -1.31. The smallest absolute Gasteiger partial charge is 0.388 e. The monoisotopic (exact) mass is 530 g/mol. The molecule has 1 aromatic carbocycles. The molecule has 0 bridgehead atoms. The Kier molecular flexibility index (Phi) is 6.62. The highest BCUT2D eigenvalue weighted by Crippen LogP contribution is 2.45. The summed E-state index contributed by atoms with van der Waals surface area (Å²) in [7, 11) is -4.30. The Morgan fingerprint density at radius 1 is 1.30 bits per heavy atom. The number of carbonyl (C=O) groups excluding carboxylic acids is 1. The third kappa shape index (κ3) is 4.90. The number of nitrogens with two attached hydrogens (primary N) is 1. The van der Waals surface area contributed by atoms with Gasteiger partial charge >= 0.3 is 7.75 Å². The van der Waals surface area contributed by atoms with Gasteiger partial charge in [0.2, 0.25) is 5.95 Å². The summed E-state index contributed by atoms with van der Waals surface area (Å²) >= 11 is 0. The van der Waals surface area contributed by atoms with E-state index in [9.17, 15) is 24.2 Å². The number of benzene rings is 1. The Balaban J connectivity index is 1.40. The molecule has 16 heteroatoms. The number of fused-ring (bicyclic) bond motifs is 1. The number of hydrogen-bond acceptors (Lipinski definition) is 10. The number of nitrogens with zero attached hydrogens (tertiary/aromatic N) is 5. The van der Waals surface area contributed by atoms with Gasteiger partial charge in [0, 0.05) is 30.4 Å². The lowest BCUT2D eigenvalue weighted by Gasteiger charge is -2.22. The van der Waals surface area contributed by atoms with Crippen LogP contribution in [-0.4, -0.2) is 70.1 Å². The number of hydrogen-bond donors (Lipinski definition) is 5. The van der Waals surface area contributed by atoms with E-state index in [2.05, 4.69) is 25.3 Å². The van der Waals surface area contributed by atoms with Crippen molar-refractivity contribution in [2.45, 2.75) is 18.4 Å². The summed E-state index contributed by atoms with van der Waals surface area (Å²) in [6.07, 6.45) is 1.69.